The van der Waals surface area contributed by atoms with Crippen molar-refractivity contribution < 1.29 is 13.2 Å². The Kier molecular flexibility index (Phi) is 7.25. The molecule has 0 atom stereocenters. The Balaban J connectivity index is 1.56. The van der Waals surface area contributed by atoms with Crippen LogP contribution in [-0.4, -0.2) is 35.0 Å². The van der Waals surface area contributed by atoms with E-state index in [2.05, 4.69) is 10.0 Å². The highest BCUT2D eigenvalue weighted by Crippen LogP contribution is 2.14. The normalized spacial score (nSPS) is 11.3. The lowest BCUT2D eigenvalue weighted by molar-refractivity contribution is 0.0951. The van der Waals surface area contributed by atoms with Crippen LogP contribution in [0.3, 0.4) is 0 Å². The van der Waals surface area contributed by atoms with Crippen LogP contribution in [0.15, 0.2) is 70.9 Å². The number of sulfonamides is 1. The summed E-state index contributed by atoms with van der Waals surface area (Å²) in [5.74, 6) is -0.250. The van der Waals surface area contributed by atoms with E-state index in [1.54, 1.807) is 11.3 Å². The number of hydrogen-bond acceptors (Lipinski definition) is 5. The minimum atomic E-state index is -3.61. The largest absolute Gasteiger partial charge is 0.378 e. The summed E-state index contributed by atoms with van der Waals surface area (Å²) in [7, 11) is 0.319. The zero-order valence-electron chi connectivity index (χ0n) is 17.0. The summed E-state index contributed by atoms with van der Waals surface area (Å²) in [6.45, 7) is 0.724. The number of nitrogens with one attached hydrogen (secondary N) is 2. The molecule has 6 nitrogen and oxygen atoms in total. The minimum Gasteiger partial charge on any atom is -0.378 e. The van der Waals surface area contributed by atoms with E-state index in [1.807, 2.05) is 60.8 Å². The molecule has 0 fully saturated rings. The monoisotopic (exact) mass is 443 g/mol. The van der Waals surface area contributed by atoms with Crippen LogP contribution in [0.2, 0.25) is 0 Å². The van der Waals surface area contributed by atoms with E-state index >= 15 is 0 Å². The van der Waals surface area contributed by atoms with Crippen molar-refractivity contribution in [3.63, 3.8) is 0 Å². The molecule has 1 aromatic heterocycles. The number of thiophene rings is 1. The highest BCUT2D eigenvalue weighted by atomic mass is 32.2. The van der Waals surface area contributed by atoms with E-state index in [1.165, 1.54) is 24.3 Å². The molecule has 1 heterocycles. The molecule has 8 heteroatoms. The minimum absolute atomic E-state index is 0.143. The van der Waals surface area contributed by atoms with E-state index in [9.17, 15) is 13.2 Å². The van der Waals surface area contributed by atoms with Gasteiger partial charge in [-0.25, -0.2) is 13.1 Å². The lowest BCUT2D eigenvalue weighted by atomic mass is 10.1. The van der Waals surface area contributed by atoms with E-state index in [-0.39, 0.29) is 10.8 Å². The first-order valence-corrected chi connectivity index (χ1v) is 11.9. The van der Waals surface area contributed by atoms with Crippen molar-refractivity contribution in [1.82, 2.24) is 10.0 Å². The Bertz CT molecular complexity index is 1080. The van der Waals surface area contributed by atoms with Gasteiger partial charge in [0.2, 0.25) is 10.0 Å². The molecule has 2 N–H and O–H groups in total. The summed E-state index contributed by atoms with van der Waals surface area (Å²) in [5.41, 5.74) is 2.46. The molecule has 158 valence electrons. The van der Waals surface area contributed by atoms with Gasteiger partial charge in [-0.2, -0.15) is 0 Å². The molecule has 0 bridgehead atoms. The SMILES string of the molecule is CN(C)c1cccc(CNC(=O)c2ccc(S(=O)(=O)NCCc3cccs3)cc2)c1. The summed E-state index contributed by atoms with van der Waals surface area (Å²) >= 11 is 1.60. The number of hydrogen-bond donors (Lipinski definition) is 2. The molecule has 0 spiro atoms. The molecular weight excluding hydrogens is 418 g/mol. The molecule has 0 saturated heterocycles. The summed E-state index contributed by atoms with van der Waals surface area (Å²) in [5, 5.41) is 4.83. The van der Waals surface area contributed by atoms with Gasteiger partial charge in [0.1, 0.15) is 0 Å². The Hall–Kier alpha value is -2.68. The van der Waals surface area contributed by atoms with Crippen LogP contribution in [-0.2, 0) is 23.0 Å². The molecule has 0 aliphatic carbocycles. The maximum atomic E-state index is 12.4. The fourth-order valence-corrected chi connectivity index (χ4v) is 4.60. The van der Waals surface area contributed by atoms with E-state index < -0.39 is 10.0 Å². The van der Waals surface area contributed by atoms with E-state index in [4.69, 9.17) is 0 Å². The smallest absolute Gasteiger partial charge is 0.251 e. The van der Waals surface area contributed by atoms with Gasteiger partial charge in [-0.1, -0.05) is 18.2 Å². The Morgan fingerprint density at radius 3 is 2.47 bits per heavy atom. The van der Waals surface area contributed by atoms with Gasteiger partial charge < -0.3 is 10.2 Å². The maximum Gasteiger partial charge on any atom is 0.251 e. The molecule has 0 saturated carbocycles. The van der Waals surface area contributed by atoms with Crippen molar-refractivity contribution in [2.24, 2.45) is 0 Å². The number of anilines is 1. The van der Waals surface area contributed by atoms with Crippen LogP contribution in [0.5, 0.6) is 0 Å². The Morgan fingerprint density at radius 1 is 1.03 bits per heavy atom. The third-order valence-corrected chi connectivity index (χ3v) is 6.96. The zero-order chi connectivity index (χ0) is 21.6. The fraction of sp³-hybridized carbons (Fsp3) is 0.227. The maximum absolute atomic E-state index is 12.4. The molecule has 30 heavy (non-hydrogen) atoms. The Labute approximate surface area is 181 Å². The van der Waals surface area contributed by atoms with Crippen LogP contribution >= 0.6 is 11.3 Å². The van der Waals surface area contributed by atoms with Crippen molar-refractivity contribution in [2.75, 3.05) is 25.5 Å². The van der Waals surface area contributed by atoms with Crippen molar-refractivity contribution in [1.29, 1.82) is 0 Å². The fourth-order valence-electron chi connectivity index (χ4n) is 2.86. The van der Waals surface area contributed by atoms with Crippen molar-refractivity contribution in [2.45, 2.75) is 17.9 Å². The topological polar surface area (TPSA) is 78.5 Å². The summed E-state index contributed by atoms with van der Waals surface area (Å²) in [4.78, 5) is 15.7. The van der Waals surface area contributed by atoms with Gasteiger partial charge in [0.05, 0.1) is 4.90 Å². The van der Waals surface area contributed by atoms with Gasteiger partial charge in [-0.3, -0.25) is 4.79 Å². The van der Waals surface area contributed by atoms with E-state index in [0.717, 1.165) is 16.1 Å². The molecule has 0 aliphatic heterocycles. The third kappa shape index (κ3) is 5.91. The highest BCUT2D eigenvalue weighted by Gasteiger charge is 2.14. The quantitative estimate of drug-likeness (QED) is 0.532. The van der Waals surface area contributed by atoms with Crippen LogP contribution in [0.1, 0.15) is 20.8 Å². The average Bonchev–Trinajstić information content (AvgIpc) is 3.25. The standard InChI is InChI=1S/C22H25N3O3S2/c1-25(2)19-6-3-5-17(15-19)16-23-22(26)18-8-10-21(11-9-18)30(27,28)24-13-12-20-7-4-14-29-20/h3-11,14-15,24H,12-13,16H2,1-2H3,(H,23,26). The highest BCUT2D eigenvalue weighted by molar-refractivity contribution is 7.89. The van der Waals surface area contributed by atoms with E-state index in [0.29, 0.717) is 25.1 Å². The van der Waals surface area contributed by atoms with Gasteiger partial charge in [0.25, 0.3) is 5.91 Å². The van der Waals surface area contributed by atoms with Crippen LogP contribution in [0.4, 0.5) is 5.69 Å². The van der Waals surface area contributed by atoms with Gasteiger partial charge in [-0.05, 0) is 59.8 Å². The van der Waals surface area contributed by atoms with Gasteiger partial charge in [0.15, 0.2) is 0 Å². The van der Waals surface area contributed by atoms with Crippen LogP contribution < -0.4 is 14.9 Å². The molecule has 0 aliphatic rings. The van der Waals surface area contributed by atoms with Crippen molar-refractivity contribution in [3.8, 4) is 0 Å². The van der Waals surface area contributed by atoms with Gasteiger partial charge in [-0.15, -0.1) is 11.3 Å². The van der Waals surface area contributed by atoms with Gasteiger partial charge >= 0.3 is 0 Å². The summed E-state index contributed by atoms with van der Waals surface area (Å²) < 4.78 is 27.5. The third-order valence-electron chi connectivity index (χ3n) is 4.55. The lowest BCUT2D eigenvalue weighted by Gasteiger charge is -2.14. The second-order valence-electron chi connectivity index (χ2n) is 7.00. The molecule has 3 aromatic rings. The number of rotatable bonds is 9. The summed E-state index contributed by atoms with van der Waals surface area (Å²) in [6.07, 6.45) is 0.645. The summed E-state index contributed by atoms with van der Waals surface area (Å²) in [6, 6.07) is 17.8. The second-order valence-corrected chi connectivity index (χ2v) is 9.80. The predicted molar refractivity (Wildman–Crippen MR) is 122 cm³/mol. The molecule has 1 amide bonds. The molecular formula is C22H25N3O3S2. The van der Waals surface area contributed by atoms with Crippen molar-refractivity contribution >= 4 is 33.0 Å². The molecule has 3 rings (SSSR count). The average molecular weight is 444 g/mol. The molecule has 0 radical (unpaired) electrons. The molecule has 2 aromatic carbocycles. The Morgan fingerprint density at radius 2 is 1.80 bits per heavy atom. The number of nitrogens with zero attached hydrogens (tertiary/aromatic N) is 1. The lowest BCUT2D eigenvalue weighted by Crippen LogP contribution is -2.26. The number of amides is 1. The first-order valence-electron chi connectivity index (χ1n) is 9.52. The predicted octanol–water partition coefficient (Wildman–Crippen LogP) is 3.27. The first kappa shape index (κ1) is 22.0. The molecule has 0 unspecified atom stereocenters. The van der Waals surface area contributed by atoms with Gasteiger partial charge in [0, 0.05) is 43.3 Å². The number of carbonyl (C=O) groups is 1. The second kappa shape index (κ2) is 9.88. The zero-order valence-corrected chi connectivity index (χ0v) is 18.6. The van der Waals surface area contributed by atoms with Crippen LogP contribution in [0, 0.1) is 0 Å². The number of benzene rings is 2. The van der Waals surface area contributed by atoms with Crippen molar-refractivity contribution in [3.05, 3.63) is 82.0 Å². The first-order chi connectivity index (χ1) is 14.3. The number of carbonyl (C=O) groups excluding carboxylic acids is 1. The van der Waals surface area contributed by atoms with Crippen LogP contribution in [0.25, 0.3) is 0 Å².